The van der Waals surface area contributed by atoms with Crippen LogP contribution in [0.3, 0.4) is 0 Å². The smallest absolute Gasteiger partial charge is 0.323 e. The van der Waals surface area contributed by atoms with Crippen molar-refractivity contribution < 1.29 is 4.74 Å². The van der Waals surface area contributed by atoms with E-state index in [0.717, 1.165) is 19.4 Å². The fourth-order valence-corrected chi connectivity index (χ4v) is 1.33. The van der Waals surface area contributed by atoms with Crippen LogP contribution in [0.15, 0.2) is 0 Å². The molecule has 1 heterocycles. The van der Waals surface area contributed by atoms with E-state index in [-0.39, 0.29) is 6.01 Å². The van der Waals surface area contributed by atoms with E-state index in [1.807, 2.05) is 6.92 Å². The highest BCUT2D eigenvalue weighted by Crippen LogP contribution is 2.10. The molecule has 0 saturated heterocycles. The fraction of sp³-hybridized carbons (Fsp3) is 0.727. The predicted octanol–water partition coefficient (Wildman–Crippen LogP) is 1.55. The van der Waals surface area contributed by atoms with E-state index >= 15 is 0 Å². The predicted molar refractivity (Wildman–Crippen MR) is 71.4 cm³/mol. The van der Waals surface area contributed by atoms with Crippen LogP contribution in [-0.2, 0) is 0 Å². The Bertz CT molecular complexity index is 346. The number of ether oxygens (including phenoxy) is 1. The number of nitrogens with one attached hydrogen (secondary N) is 2. The maximum atomic E-state index is 5.37. The average molecular weight is 254 g/mol. The number of hydrogen-bond acceptors (Lipinski definition) is 7. The molecule has 0 aliphatic carbocycles. The fourth-order valence-electron chi connectivity index (χ4n) is 1.33. The molecule has 1 aromatic heterocycles. The number of rotatable bonds is 9. The number of hydrogen-bond donors (Lipinski definition) is 3. The average Bonchev–Trinajstić information content (AvgIpc) is 2.41. The molecule has 0 radical (unpaired) electrons. The van der Waals surface area contributed by atoms with Crippen LogP contribution >= 0.6 is 0 Å². The molecule has 0 aliphatic heterocycles. The van der Waals surface area contributed by atoms with E-state index in [4.69, 9.17) is 10.6 Å². The van der Waals surface area contributed by atoms with Crippen molar-refractivity contribution in [3.63, 3.8) is 0 Å². The summed E-state index contributed by atoms with van der Waals surface area (Å²) in [6.07, 6.45) is 4.34. The van der Waals surface area contributed by atoms with Crippen LogP contribution in [0.1, 0.15) is 39.5 Å². The second-order valence-corrected chi connectivity index (χ2v) is 3.89. The second kappa shape index (κ2) is 8.46. The Kier molecular flexibility index (Phi) is 6.78. The van der Waals surface area contributed by atoms with Gasteiger partial charge >= 0.3 is 6.01 Å². The van der Waals surface area contributed by atoms with Crippen molar-refractivity contribution in [2.45, 2.75) is 39.5 Å². The molecule has 102 valence electrons. The van der Waals surface area contributed by atoms with Gasteiger partial charge in [-0.2, -0.15) is 15.0 Å². The number of nitrogens with two attached hydrogens (primary N) is 1. The van der Waals surface area contributed by atoms with Gasteiger partial charge in [0.05, 0.1) is 6.61 Å². The molecular formula is C11H22N6O. The SMILES string of the molecule is CCCCCNc1nc(NN)nc(OCCC)n1. The summed E-state index contributed by atoms with van der Waals surface area (Å²) in [4.78, 5) is 12.3. The van der Waals surface area contributed by atoms with E-state index in [1.54, 1.807) is 0 Å². The molecule has 0 amide bonds. The summed E-state index contributed by atoms with van der Waals surface area (Å²) in [5, 5.41) is 3.13. The van der Waals surface area contributed by atoms with E-state index in [0.29, 0.717) is 18.5 Å². The van der Waals surface area contributed by atoms with Crippen LogP contribution in [0.2, 0.25) is 0 Å². The minimum Gasteiger partial charge on any atom is -0.463 e. The number of hydrazine groups is 1. The zero-order valence-electron chi connectivity index (χ0n) is 11.1. The Morgan fingerprint density at radius 2 is 1.83 bits per heavy atom. The normalized spacial score (nSPS) is 10.2. The highest BCUT2D eigenvalue weighted by molar-refractivity contribution is 5.34. The van der Waals surface area contributed by atoms with Crippen LogP contribution in [-0.4, -0.2) is 28.1 Å². The van der Waals surface area contributed by atoms with Gasteiger partial charge in [-0.1, -0.05) is 26.7 Å². The largest absolute Gasteiger partial charge is 0.463 e. The van der Waals surface area contributed by atoms with Gasteiger partial charge in [-0.15, -0.1) is 0 Å². The quantitative estimate of drug-likeness (QED) is 0.349. The van der Waals surface area contributed by atoms with Crippen molar-refractivity contribution in [3.05, 3.63) is 0 Å². The van der Waals surface area contributed by atoms with Gasteiger partial charge in [-0.3, -0.25) is 5.43 Å². The number of anilines is 2. The van der Waals surface area contributed by atoms with Crippen molar-refractivity contribution in [1.82, 2.24) is 15.0 Å². The van der Waals surface area contributed by atoms with Gasteiger partial charge in [0.1, 0.15) is 0 Å². The summed E-state index contributed by atoms with van der Waals surface area (Å²) in [6.45, 7) is 5.58. The van der Waals surface area contributed by atoms with Crippen molar-refractivity contribution in [2.75, 3.05) is 23.9 Å². The lowest BCUT2D eigenvalue weighted by atomic mass is 10.2. The lowest BCUT2D eigenvalue weighted by Crippen LogP contribution is -2.15. The Labute approximate surface area is 108 Å². The summed E-state index contributed by atoms with van der Waals surface area (Å²) in [7, 11) is 0. The molecule has 0 fully saturated rings. The Hall–Kier alpha value is -1.63. The molecule has 0 aromatic carbocycles. The summed E-state index contributed by atoms with van der Waals surface area (Å²) in [5.41, 5.74) is 2.40. The van der Waals surface area contributed by atoms with Crippen LogP contribution < -0.4 is 21.3 Å². The number of nitrogen functional groups attached to an aromatic ring is 1. The van der Waals surface area contributed by atoms with E-state index in [9.17, 15) is 0 Å². The van der Waals surface area contributed by atoms with Crippen molar-refractivity contribution >= 4 is 11.9 Å². The number of unbranched alkanes of at least 4 members (excludes halogenated alkanes) is 2. The van der Waals surface area contributed by atoms with Gasteiger partial charge in [0.15, 0.2) is 0 Å². The lowest BCUT2D eigenvalue weighted by molar-refractivity contribution is 0.292. The minimum atomic E-state index is 0.290. The first-order valence-corrected chi connectivity index (χ1v) is 6.39. The molecule has 4 N–H and O–H groups in total. The molecule has 0 unspecified atom stereocenters. The summed E-state index contributed by atoms with van der Waals surface area (Å²) in [6, 6.07) is 0.290. The van der Waals surface area contributed by atoms with Gasteiger partial charge in [-0.25, -0.2) is 5.84 Å². The van der Waals surface area contributed by atoms with Crippen LogP contribution in [0.5, 0.6) is 6.01 Å². The molecular weight excluding hydrogens is 232 g/mol. The highest BCUT2D eigenvalue weighted by atomic mass is 16.5. The molecule has 0 aliphatic rings. The molecule has 0 saturated carbocycles. The maximum Gasteiger partial charge on any atom is 0.323 e. The zero-order chi connectivity index (χ0) is 13.2. The van der Waals surface area contributed by atoms with E-state index in [2.05, 4.69) is 32.6 Å². The molecule has 18 heavy (non-hydrogen) atoms. The number of nitrogens with zero attached hydrogens (tertiary/aromatic N) is 3. The third-order valence-corrected chi connectivity index (χ3v) is 2.24. The standard InChI is InChI=1S/C11H22N6O/c1-3-5-6-7-13-9-14-10(17-12)16-11(15-9)18-8-4-2/h3-8,12H2,1-2H3,(H2,13,14,15,16,17). The lowest BCUT2D eigenvalue weighted by Gasteiger charge is -2.08. The van der Waals surface area contributed by atoms with Crippen LogP contribution in [0.25, 0.3) is 0 Å². The summed E-state index contributed by atoms with van der Waals surface area (Å²) >= 11 is 0. The molecule has 1 rings (SSSR count). The first-order chi connectivity index (χ1) is 8.80. The third kappa shape index (κ3) is 5.13. The van der Waals surface area contributed by atoms with Crippen molar-refractivity contribution in [3.8, 4) is 6.01 Å². The summed E-state index contributed by atoms with van der Waals surface area (Å²) in [5.74, 6) is 6.09. The van der Waals surface area contributed by atoms with Gasteiger partial charge in [0.2, 0.25) is 11.9 Å². The van der Waals surface area contributed by atoms with Gasteiger partial charge in [-0.05, 0) is 12.8 Å². The monoisotopic (exact) mass is 254 g/mol. The van der Waals surface area contributed by atoms with Crippen LogP contribution in [0.4, 0.5) is 11.9 Å². The minimum absolute atomic E-state index is 0.290. The highest BCUT2D eigenvalue weighted by Gasteiger charge is 2.06. The van der Waals surface area contributed by atoms with E-state index in [1.165, 1.54) is 12.8 Å². The van der Waals surface area contributed by atoms with Gasteiger partial charge in [0.25, 0.3) is 0 Å². The maximum absolute atomic E-state index is 5.37. The third-order valence-electron chi connectivity index (χ3n) is 2.24. The molecule has 0 atom stereocenters. The molecule has 7 nitrogen and oxygen atoms in total. The van der Waals surface area contributed by atoms with Crippen molar-refractivity contribution in [1.29, 1.82) is 0 Å². The first-order valence-electron chi connectivity index (χ1n) is 6.39. The Morgan fingerprint density at radius 1 is 1.06 bits per heavy atom. The van der Waals surface area contributed by atoms with E-state index < -0.39 is 0 Å². The van der Waals surface area contributed by atoms with Crippen LogP contribution in [0, 0.1) is 0 Å². The topological polar surface area (TPSA) is 98.0 Å². The second-order valence-electron chi connectivity index (χ2n) is 3.89. The zero-order valence-corrected chi connectivity index (χ0v) is 11.1. The van der Waals surface area contributed by atoms with Gasteiger partial charge in [0, 0.05) is 6.54 Å². The van der Waals surface area contributed by atoms with Crippen molar-refractivity contribution in [2.24, 2.45) is 5.84 Å². The molecule has 7 heteroatoms. The Morgan fingerprint density at radius 3 is 2.50 bits per heavy atom. The van der Waals surface area contributed by atoms with Gasteiger partial charge < -0.3 is 10.1 Å². The molecule has 0 bridgehead atoms. The first kappa shape index (κ1) is 14.4. The Balaban J connectivity index is 2.58. The molecule has 0 spiro atoms. The number of aromatic nitrogens is 3. The summed E-state index contributed by atoms with van der Waals surface area (Å²) < 4.78 is 5.37. The molecule has 1 aromatic rings.